The molecule has 2 fully saturated rings. The van der Waals surface area contributed by atoms with Gasteiger partial charge in [-0.05, 0) is 24.2 Å². The van der Waals surface area contributed by atoms with Crippen molar-refractivity contribution < 1.29 is 13.5 Å². The van der Waals surface area contributed by atoms with Crippen molar-refractivity contribution in [1.29, 1.82) is 0 Å². The molecule has 3 atom stereocenters. The standard InChI is InChI=1S/C13H25NO3S2/c1-13(2)5-4-10(12(13)15)8-14-6-7-18-9-11(14)19(3,16)17/h10-12,15H,4-9H2,1-3H3. The Hall–Kier alpha value is 0.220. The molecule has 6 heteroatoms. The first-order valence-electron chi connectivity index (χ1n) is 6.90. The summed E-state index contributed by atoms with van der Waals surface area (Å²) in [4.78, 5) is 2.07. The Morgan fingerprint density at radius 2 is 2.11 bits per heavy atom. The predicted molar refractivity (Wildman–Crippen MR) is 80.0 cm³/mol. The van der Waals surface area contributed by atoms with E-state index in [0.29, 0.717) is 12.3 Å². The van der Waals surface area contributed by atoms with E-state index in [4.69, 9.17) is 0 Å². The lowest BCUT2D eigenvalue weighted by molar-refractivity contribution is 0.0321. The van der Waals surface area contributed by atoms with Gasteiger partial charge < -0.3 is 5.11 Å². The zero-order chi connectivity index (χ0) is 14.3. The van der Waals surface area contributed by atoms with Gasteiger partial charge in [0, 0.05) is 30.9 Å². The Morgan fingerprint density at radius 1 is 1.42 bits per heavy atom. The predicted octanol–water partition coefficient (Wildman–Crippen LogP) is 1.20. The lowest BCUT2D eigenvalue weighted by atomic mass is 9.87. The topological polar surface area (TPSA) is 57.6 Å². The highest BCUT2D eigenvalue weighted by molar-refractivity contribution is 8.00. The van der Waals surface area contributed by atoms with Gasteiger partial charge in [-0.1, -0.05) is 13.8 Å². The fourth-order valence-corrected chi connectivity index (χ4v) is 6.17. The van der Waals surface area contributed by atoms with Crippen LogP contribution in [0.5, 0.6) is 0 Å². The van der Waals surface area contributed by atoms with Crippen molar-refractivity contribution in [3.8, 4) is 0 Å². The quantitative estimate of drug-likeness (QED) is 0.849. The van der Waals surface area contributed by atoms with E-state index in [1.165, 1.54) is 6.26 Å². The minimum Gasteiger partial charge on any atom is -0.392 e. The summed E-state index contributed by atoms with van der Waals surface area (Å²) in [5.41, 5.74) is -0.0320. The second-order valence-corrected chi connectivity index (χ2v) is 9.94. The van der Waals surface area contributed by atoms with Gasteiger partial charge in [-0.25, -0.2) is 8.42 Å². The summed E-state index contributed by atoms with van der Waals surface area (Å²) in [5.74, 6) is 1.85. The largest absolute Gasteiger partial charge is 0.392 e. The third-order valence-corrected chi connectivity index (χ3v) is 7.25. The molecule has 0 aromatic heterocycles. The maximum Gasteiger partial charge on any atom is 0.164 e. The third-order valence-electron chi connectivity index (χ3n) is 4.56. The summed E-state index contributed by atoms with van der Waals surface area (Å²) in [6, 6.07) is 0. The molecule has 1 N–H and O–H groups in total. The molecule has 1 saturated heterocycles. The number of sulfone groups is 1. The molecule has 2 rings (SSSR count). The smallest absolute Gasteiger partial charge is 0.164 e. The maximum atomic E-state index is 11.9. The van der Waals surface area contributed by atoms with Crippen LogP contribution in [0.25, 0.3) is 0 Å². The van der Waals surface area contributed by atoms with Gasteiger partial charge >= 0.3 is 0 Å². The van der Waals surface area contributed by atoms with Crippen LogP contribution >= 0.6 is 11.8 Å². The van der Waals surface area contributed by atoms with Crippen LogP contribution < -0.4 is 0 Å². The van der Waals surface area contributed by atoms with Crippen LogP contribution in [0.3, 0.4) is 0 Å². The number of thioether (sulfide) groups is 1. The summed E-state index contributed by atoms with van der Waals surface area (Å²) in [6.45, 7) is 5.71. The van der Waals surface area contributed by atoms with Crippen molar-refractivity contribution in [3.05, 3.63) is 0 Å². The van der Waals surface area contributed by atoms with Crippen molar-refractivity contribution in [2.24, 2.45) is 11.3 Å². The lowest BCUT2D eigenvalue weighted by Crippen LogP contribution is -2.49. The van der Waals surface area contributed by atoms with E-state index in [-0.39, 0.29) is 22.8 Å². The van der Waals surface area contributed by atoms with Crippen LogP contribution in [0.4, 0.5) is 0 Å². The Balaban J connectivity index is 2.05. The normalized spacial score (nSPS) is 36.5. The minimum absolute atomic E-state index is 0.0320. The zero-order valence-corrected chi connectivity index (χ0v) is 13.6. The molecule has 1 aliphatic carbocycles. The molecule has 2 aliphatic rings. The zero-order valence-electron chi connectivity index (χ0n) is 12.0. The number of nitrogens with zero attached hydrogens (tertiary/aromatic N) is 1. The number of aliphatic hydroxyl groups excluding tert-OH is 1. The second kappa shape index (κ2) is 5.54. The lowest BCUT2D eigenvalue weighted by Gasteiger charge is -2.37. The second-order valence-electron chi connectivity index (χ2n) is 6.59. The molecule has 0 aromatic carbocycles. The molecule has 0 spiro atoms. The molecule has 19 heavy (non-hydrogen) atoms. The molecule has 4 nitrogen and oxygen atoms in total. The van der Waals surface area contributed by atoms with Gasteiger partial charge in [-0.15, -0.1) is 0 Å². The van der Waals surface area contributed by atoms with Crippen LogP contribution in [-0.4, -0.2) is 60.8 Å². The molecular weight excluding hydrogens is 282 g/mol. The van der Waals surface area contributed by atoms with E-state index >= 15 is 0 Å². The van der Waals surface area contributed by atoms with Gasteiger partial charge in [0.2, 0.25) is 0 Å². The number of rotatable bonds is 3. The summed E-state index contributed by atoms with van der Waals surface area (Å²) in [7, 11) is -3.04. The first-order valence-corrected chi connectivity index (χ1v) is 10.0. The van der Waals surface area contributed by atoms with Gasteiger partial charge in [0.25, 0.3) is 0 Å². The average Bonchev–Trinajstić information content (AvgIpc) is 2.56. The Bertz CT molecular complexity index is 422. The molecule has 1 saturated carbocycles. The number of hydrogen-bond donors (Lipinski definition) is 1. The van der Waals surface area contributed by atoms with Gasteiger partial charge in [0.15, 0.2) is 9.84 Å². The summed E-state index contributed by atoms with van der Waals surface area (Å²) >= 11 is 1.71. The third kappa shape index (κ3) is 3.46. The number of aliphatic hydroxyl groups is 1. The SMILES string of the molecule is CC1(C)CCC(CN2CCSCC2S(C)(=O)=O)C1O. The van der Waals surface area contributed by atoms with Gasteiger partial charge in [-0.3, -0.25) is 4.90 Å². The molecule has 0 bridgehead atoms. The fraction of sp³-hybridized carbons (Fsp3) is 1.00. The Labute approximate surface area is 120 Å². The molecular formula is C13H25NO3S2. The van der Waals surface area contributed by atoms with E-state index in [1.54, 1.807) is 11.8 Å². The number of hydrogen-bond acceptors (Lipinski definition) is 5. The fourth-order valence-electron chi connectivity index (χ4n) is 3.21. The van der Waals surface area contributed by atoms with Gasteiger partial charge in [0.1, 0.15) is 5.37 Å². The Kier molecular flexibility index (Phi) is 4.55. The molecule has 3 unspecified atom stereocenters. The van der Waals surface area contributed by atoms with Crippen molar-refractivity contribution in [1.82, 2.24) is 4.90 Å². The molecule has 0 amide bonds. The monoisotopic (exact) mass is 307 g/mol. The van der Waals surface area contributed by atoms with Crippen molar-refractivity contribution in [2.75, 3.05) is 30.9 Å². The molecule has 0 aromatic rings. The van der Waals surface area contributed by atoms with Gasteiger partial charge in [0.05, 0.1) is 6.10 Å². The highest BCUT2D eigenvalue weighted by Crippen LogP contribution is 2.42. The maximum absolute atomic E-state index is 11.9. The minimum atomic E-state index is -3.04. The van der Waals surface area contributed by atoms with Crippen molar-refractivity contribution in [3.63, 3.8) is 0 Å². The molecule has 1 aliphatic heterocycles. The Morgan fingerprint density at radius 3 is 2.63 bits per heavy atom. The van der Waals surface area contributed by atoms with Gasteiger partial charge in [-0.2, -0.15) is 11.8 Å². The van der Waals surface area contributed by atoms with Crippen LogP contribution in [0.2, 0.25) is 0 Å². The van der Waals surface area contributed by atoms with Crippen LogP contribution in [0, 0.1) is 11.3 Å². The van der Waals surface area contributed by atoms with Crippen molar-refractivity contribution >= 4 is 21.6 Å². The first-order chi connectivity index (χ1) is 8.72. The highest BCUT2D eigenvalue weighted by atomic mass is 32.2. The average molecular weight is 307 g/mol. The van der Waals surface area contributed by atoms with Crippen molar-refractivity contribution in [2.45, 2.75) is 38.2 Å². The van der Waals surface area contributed by atoms with Crippen LogP contribution in [0.15, 0.2) is 0 Å². The van der Waals surface area contributed by atoms with E-state index in [2.05, 4.69) is 18.7 Å². The summed E-state index contributed by atoms with van der Waals surface area (Å²) in [6.07, 6.45) is 3.02. The summed E-state index contributed by atoms with van der Waals surface area (Å²) < 4.78 is 23.7. The van der Waals surface area contributed by atoms with E-state index in [1.807, 2.05) is 0 Å². The molecule has 1 heterocycles. The van der Waals surface area contributed by atoms with E-state index in [9.17, 15) is 13.5 Å². The highest BCUT2D eigenvalue weighted by Gasteiger charge is 2.43. The van der Waals surface area contributed by atoms with Crippen LogP contribution in [0.1, 0.15) is 26.7 Å². The van der Waals surface area contributed by atoms with Crippen LogP contribution in [-0.2, 0) is 9.84 Å². The molecule has 0 radical (unpaired) electrons. The van der Waals surface area contributed by atoms with E-state index < -0.39 is 9.84 Å². The van der Waals surface area contributed by atoms with E-state index in [0.717, 1.165) is 25.1 Å². The first kappa shape index (κ1) is 15.6. The summed E-state index contributed by atoms with van der Waals surface area (Å²) in [5, 5.41) is 9.98. The molecule has 112 valence electrons.